The molecule has 0 N–H and O–H groups in total. The van der Waals surface area contributed by atoms with Crippen LogP contribution in [0.4, 0.5) is 0 Å². The minimum atomic E-state index is -0.146. The molecular weight excluding hydrogens is 140 g/mol. The summed E-state index contributed by atoms with van der Waals surface area (Å²) < 4.78 is 4.75. The van der Waals surface area contributed by atoms with Crippen molar-refractivity contribution in [2.75, 3.05) is 0 Å². The lowest BCUT2D eigenvalue weighted by atomic mass is 9.98. The second-order valence-corrected chi connectivity index (χ2v) is 2.46. The summed E-state index contributed by atoms with van der Waals surface area (Å²) >= 11 is 0. The zero-order valence-electron chi connectivity index (χ0n) is 5.68. The highest BCUT2D eigenvalue weighted by Crippen LogP contribution is 2.28. The Morgan fingerprint density at radius 2 is 1.73 bits per heavy atom. The van der Waals surface area contributed by atoms with E-state index in [2.05, 4.69) is 6.58 Å². The molecule has 1 fully saturated rings. The minimum absolute atomic E-state index is 0. The van der Waals surface area contributed by atoms with Gasteiger partial charge < -0.3 is 4.74 Å². The summed E-state index contributed by atoms with van der Waals surface area (Å²) in [5.74, 6) is 0.648. The average molecular weight is 158 g/mol. The molecule has 0 aromatic heterocycles. The Morgan fingerprint density at radius 3 is 1.82 bits per heavy atom. The van der Waals surface area contributed by atoms with E-state index in [9.17, 15) is 4.79 Å². The van der Waals surface area contributed by atoms with Crippen LogP contribution in [0.15, 0.2) is 12.3 Å². The van der Waals surface area contributed by atoms with Crippen LogP contribution in [0.2, 0.25) is 0 Å². The summed E-state index contributed by atoms with van der Waals surface area (Å²) in [5.41, 5.74) is 0. The van der Waals surface area contributed by atoms with Crippen LogP contribution in [-0.2, 0) is 9.53 Å². The number of carbonyl (C=O) groups is 1. The van der Waals surface area contributed by atoms with Gasteiger partial charge in [0.05, 0.1) is 5.92 Å². The first-order valence-corrected chi connectivity index (χ1v) is 3.03. The SMILES string of the molecule is C.C.C=C1OC(=O)C(C)C1C. The third kappa shape index (κ3) is 2.07. The van der Waals surface area contributed by atoms with Crippen molar-refractivity contribution in [3.8, 4) is 0 Å². The standard InChI is InChI=1S/C7H10O2.2CH4/c1-4-5(2)7(8)9-6(4)3;;/h4-5H,3H2,1-2H3;2*1H4. The maximum Gasteiger partial charge on any atom is 0.314 e. The molecule has 2 nitrogen and oxygen atoms in total. The molecule has 0 radical (unpaired) electrons. The molecule has 0 bridgehead atoms. The molecule has 1 saturated heterocycles. The predicted octanol–water partition coefficient (Wildman–Crippen LogP) is 2.60. The second kappa shape index (κ2) is 4.16. The topological polar surface area (TPSA) is 26.3 Å². The van der Waals surface area contributed by atoms with Crippen molar-refractivity contribution in [3.05, 3.63) is 12.3 Å². The van der Waals surface area contributed by atoms with Gasteiger partial charge in [-0.1, -0.05) is 35.3 Å². The van der Waals surface area contributed by atoms with Crippen LogP contribution in [-0.4, -0.2) is 5.97 Å². The Morgan fingerprint density at radius 1 is 1.27 bits per heavy atom. The van der Waals surface area contributed by atoms with Gasteiger partial charge in [0.25, 0.3) is 0 Å². The molecule has 0 spiro atoms. The first-order chi connectivity index (χ1) is 4.13. The van der Waals surface area contributed by atoms with Gasteiger partial charge in [0.1, 0.15) is 5.76 Å². The molecule has 0 saturated carbocycles. The third-order valence-electron chi connectivity index (χ3n) is 1.86. The molecule has 11 heavy (non-hydrogen) atoms. The van der Waals surface area contributed by atoms with Crippen LogP contribution in [0.5, 0.6) is 0 Å². The minimum Gasteiger partial charge on any atom is -0.431 e. The summed E-state index contributed by atoms with van der Waals surface area (Å²) in [7, 11) is 0. The number of hydrogen-bond acceptors (Lipinski definition) is 2. The lowest BCUT2D eigenvalue weighted by Gasteiger charge is -2.00. The van der Waals surface area contributed by atoms with Crippen molar-refractivity contribution < 1.29 is 9.53 Å². The highest BCUT2D eigenvalue weighted by atomic mass is 16.5. The first kappa shape index (κ1) is 12.8. The van der Waals surface area contributed by atoms with Gasteiger partial charge in [-0.05, 0) is 0 Å². The largest absolute Gasteiger partial charge is 0.431 e. The van der Waals surface area contributed by atoms with E-state index in [1.54, 1.807) is 0 Å². The Hall–Kier alpha value is -0.790. The number of ether oxygens (including phenoxy) is 1. The highest BCUT2D eigenvalue weighted by molar-refractivity contribution is 5.76. The van der Waals surface area contributed by atoms with E-state index in [0.717, 1.165) is 0 Å². The Kier molecular flexibility index (Phi) is 4.86. The van der Waals surface area contributed by atoms with E-state index < -0.39 is 0 Å². The smallest absolute Gasteiger partial charge is 0.314 e. The molecule has 66 valence electrons. The number of cyclic esters (lactones) is 1. The zero-order chi connectivity index (χ0) is 7.02. The van der Waals surface area contributed by atoms with Gasteiger partial charge in [-0.25, -0.2) is 0 Å². The van der Waals surface area contributed by atoms with Crippen LogP contribution in [0.1, 0.15) is 28.7 Å². The van der Waals surface area contributed by atoms with Crippen molar-refractivity contribution in [1.29, 1.82) is 0 Å². The van der Waals surface area contributed by atoms with E-state index >= 15 is 0 Å². The average Bonchev–Trinajstić information content (AvgIpc) is 1.98. The number of carbonyl (C=O) groups excluding carboxylic acids is 1. The maximum atomic E-state index is 10.7. The van der Waals surface area contributed by atoms with Crippen LogP contribution in [0.25, 0.3) is 0 Å². The summed E-state index contributed by atoms with van der Waals surface area (Å²) in [4.78, 5) is 10.7. The van der Waals surface area contributed by atoms with E-state index in [-0.39, 0.29) is 32.7 Å². The normalized spacial score (nSPS) is 28.5. The fourth-order valence-corrected chi connectivity index (χ4v) is 0.798. The van der Waals surface area contributed by atoms with Gasteiger partial charge in [0.2, 0.25) is 0 Å². The fourth-order valence-electron chi connectivity index (χ4n) is 0.798. The van der Waals surface area contributed by atoms with Gasteiger partial charge in [-0.15, -0.1) is 0 Å². The van der Waals surface area contributed by atoms with Gasteiger partial charge in [0.15, 0.2) is 0 Å². The van der Waals surface area contributed by atoms with E-state index in [0.29, 0.717) is 5.76 Å². The molecule has 0 aromatic rings. The van der Waals surface area contributed by atoms with Crippen molar-refractivity contribution in [2.45, 2.75) is 28.7 Å². The molecule has 2 atom stereocenters. The molecule has 0 aromatic carbocycles. The zero-order valence-corrected chi connectivity index (χ0v) is 5.68. The van der Waals surface area contributed by atoms with Crippen molar-refractivity contribution in [2.24, 2.45) is 11.8 Å². The summed E-state index contributed by atoms with van der Waals surface area (Å²) in [6.07, 6.45) is 0. The molecular formula is C9H18O2. The number of hydrogen-bond donors (Lipinski definition) is 0. The molecule has 1 rings (SSSR count). The van der Waals surface area contributed by atoms with Crippen LogP contribution < -0.4 is 0 Å². The molecule has 1 aliphatic rings. The fraction of sp³-hybridized carbons (Fsp3) is 0.667. The molecule has 0 aliphatic carbocycles. The van der Waals surface area contributed by atoms with E-state index in [1.165, 1.54) is 0 Å². The Balaban J connectivity index is 0. The quantitative estimate of drug-likeness (QED) is 0.506. The molecule has 0 amide bonds. The number of rotatable bonds is 0. The Labute approximate surface area is 69.3 Å². The van der Waals surface area contributed by atoms with Crippen LogP contribution in [0.3, 0.4) is 0 Å². The summed E-state index contributed by atoms with van der Waals surface area (Å²) in [6.45, 7) is 7.39. The van der Waals surface area contributed by atoms with Gasteiger partial charge in [-0.3, -0.25) is 4.79 Å². The molecule has 2 unspecified atom stereocenters. The Bertz CT molecular complexity index is 143. The molecule has 1 heterocycles. The van der Waals surface area contributed by atoms with Gasteiger partial charge in [0, 0.05) is 5.92 Å². The van der Waals surface area contributed by atoms with Gasteiger partial charge >= 0.3 is 5.97 Å². The van der Waals surface area contributed by atoms with Crippen LogP contribution >= 0.6 is 0 Å². The number of allylic oxidation sites excluding steroid dienone is 1. The predicted molar refractivity (Wildman–Crippen MR) is 47.0 cm³/mol. The van der Waals surface area contributed by atoms with Crippen molar-refractivity contribution in [3.63, 3.8) is 0 Å². The molecule has 1 aliphatic heterocycles. The number of esters is 1. The lowest BCUT2D eigenvalue weighted by molar-refractivity contribution is -0.138. The lowest BCUT2D eigenvalue weighted by Crippen LogP contribution is -2.07. The van der Waals surface area contributed by atoms with Crippen LogP contribution in [0, 0.1) is 11.8 Å². The van der Waals surface area contributed by atoms with Gasteiger partial charge in [-0.2, -0.15) is 0 Å². The summed E-state index contributed by atoms with van der Waals surface area (Å²) in [5, 5.41) is 0. The summed E-state index contributed by atoms with van der Waals surface area (Å²) in [6, 6.07) is 0. The second-order valence-electron chi connectivity index (χ2n) is 2.46. The van der Waals surface area contributed by atoms with E-state index in [1.807, 2.05) is 13.8 Å². The molecule has 2 heteroatoms. The van der Waals surface area contributed by atoms with Crippen molar-refractivity contribution >= 4 is 5.97 Å². The first-order valence-electron chi connectivity index (χ1n) is 3.03. The highest BCUT2D eigenvalue weighted by Gasteiger charge is 2.32. The monoisotopic (exact) mass is 158 g/mol. The maximum absolute atomic E-state index is 10.7. The third-order valence-corrected chi connectivity index (χ3v) is 1.86. The van der Waals surface area contributed by atoms with Crippen molar-refractivity contribution in [1.82, 2.24) is 0 Å². The van der Waals surface area contributed by atoms with E-state index in [4.69, 9.17) is 4.74 Å².